The molecule has 0 aromatic heterocycles. The van der Waals surface area contributed by atoms with Gasteiger partial charge >= 0.3 is 12.0 Å². The zero-order chi connectivity index (χ0) is 15.9. The first kappa shape index (κ1) is 18.5. The molecule has 1 unspecified atom stereocenters. The normalized spacial score (nSPS) is 12.7. The minimum Gasteiger partial charge on any atom is -0.481 e. The molecule has 1 atom stereocenters. The molecule has 20 heavy (non-hydrogen) atoms. The summed E-state index contributed by atoms with van der Waals surface area (Å²) in [5.41, 5.74) is 0.808. The molecule has 0 aliphatic rings. The minimum atomic E-state index is -0.872. The molecule has 0 rings (SSSR count). The predicted octanol–water partition coefficient (Wildman–Crippen LogP) is 2.73. The van der Waals surface area contributed by atoms with Crippen LogP contribution in [0.25, 0.3) is 0 Å². The highest BCUT2D eigenvalue weighted by Gasteiger charge is 2.25. The Morgan fingerprint density at radius 1 is 1.35 bits per heavy atom. The third-order valence-electron chi connectivity index (χ3n) is 2.84. The summed E-state index contributed by atoms with van der Waals surface area (Å²) in [5, 5.41) is 11.9. The number of hydrogen-bond acceptors (Lipinski definition) is 2. The van der Waals surface area contributed by atoms with E-state index in [1.807, 2.05) is 34.6 Å². The monoisotopic (exact) mass is 284 g/mol. The number of urea groups is 1. The van der Waals surface area contributed by atoms with Crippen LogP contribution in [-0.2, 0) is 4.79 Å². The summed E-state index contributed by atoms with van der Waals surface area (Å²) in [7, 11) is 0. The zero-order valence-electron chi connectivity index (χ0n) is 13.3. The average molecular weight is 284 g/mol. The molecule has 2 amide bonds. The van der Waals surface area contributed by atoms with Crippen LogP contribution in [0.1, 0.15) is 41.0 Å². The first-order chi connectivity index (χ1) is 9.06. The van der Waals surface area contributed by atoms with Gasteiger partial charge in [-0.1, -0.05) is 32.9 Å². The molecule has 0 fully saturated rings. The number of carbonyl (C=O) groups is 2. The quantitative estimate of drug-likeness (QED) is 0.706. The van der Waals surface area contributed by atoms with Gasteiger partial charge in [0, 0.05) is 19.6 Å². The fourth-order valence-corrected chi connectivity index (χ4v) is 1.96. The second kappa shape index (κ2) is 7.92. The predicted molar refractivity (Wildman–Crippen MR) is 80.7 cm³/mol. The van der Waals surface area contributed by atoms with E-state index in [1.165, 1.54) is 0 Å². The van der Waals surface area contributed by atoms with Gasteiger partial charge in [0.25, 0.3) is 0 Å². The number of likely N-dealkylation sites (N-methyl/N-ethyl adjacent to an activating group) is 1. The number of nitrogens with one attached hydrogen (secondary N) is 1. The molecular formula is C15H28N2O3. The number of hydrogen-bond donors (Lipinski definition) is 2. The Balaban J connectivity index is 4.50. The molecule has 0 aliphatic heterocycles. The van der Waals surface area contributed by atoms with Gasteiger partial charge in [0.2, 0.25) is 0 Å². The van der Waals surface area contributed by atoms with Crippen molar-refractivity contribution in [1.82, 2.24) is 10.2 Å². The number of carboxylic acids is 1. The maximum Gasteiger partial charge on any atom is 0.317 e. The lowest BCUT2D eigenvalue weighted by Crippen LogP contribution is -2.44. The van der Waals surface area contributed by atoms with Gasteiger partial charge in [0.05, 0.1) is 5.92 Å². The standard InChI is InChI=1S/C15H28N2O3/c1-7-17(10-11(2)3)14(20)16-9-12(13(18)19)8-15(4,5)6/h12H,2,7-10H2,1,3-6H3,(H,16,20)(H,18,19). The first-order valence-corrected chi connectivity index (χ1v) is 6.96. The summed E-state index contributed by atoms with van der Waals surface area (Å²) >= 11 is 0. The number of rotatable bonds is 7. The summed E-state index contributed by atoms with van der Waals surface area (Å²) in [6, 6.07) is -0.240. The summed E-state index contributed by atoms with van der Waals surface area (Å²) < 4.78 is 0. The molecule has 0 bridgehead atoms. The van der Waals surface area contributed by atoms with E-state index >= 15 is 0 Å². The largest absolute Gasteiger partial charge is 0.481 e. The lowest BCUT2D eigenvalue weighted by molar-refractivity contribution is -0.142. The molecule has 0 saturated carbocycles. The van der Waals surface area contributed by atoms with E-state index in [1.54, 1.807) is 4.90 Å². The topological polar surface area (TPSA) is 69.6 Å². The van der Waals surface area contributed by atoms with Gasteiger partial charge in [-0.15, -0.1) is 0 Å². The van der Waals surface area contributed by atoms with E-state index in [9.17, 15) is 14.7 Å². The molecule has 0 spiro atoms. The van der Waals surface area contributed by atoms with Crippen molar-refractivity contribution < 1.29 is 14.7 Å². The van der Waals surface area contributed by atoms with Crippen molar-refractivity contribution in [3.8, 4) is 0 Å². The van der Waals surface area contributed by atoms with Gasteiger partial charge < -0.3 is 15.3 Å². The van der Waals surface area contributed by atoms with Crippen molar-refractivity contribution >= 4 is 12.0 Å². The molecule has 0 radical (unpaired) electrons. The van der Waals surface area contributed by atoms with Crippen LogP contribution < -0.4 is 5.32 Å². The van der Waals surface area contributed by atoms with Crippen molar-refractivity contribution in [1.29, 1.82) is 0 Å². The van der Waals surface area contributed by atoms with Crippen LogP contribution in [0.2, 0.25) is 0 Å². The van der Waals surface area contributed by atoms with Gasteiger partial charge in [-0.2, -0.15) is 0 Å². The van der Waals surface area contributed by atoms with Crippen LogP contribution in [0, 0.1) is 11.3 Å². The summed E-state index contributed by atoms with van der Waals surface area (Å²) in [6.07, 6.45) is 0.523. The van der Waals surface area contributed by atoms with E-state index in [2.05, 4.69) is 11.9 Å². The van der Waals surface area contributed by atoms with Gasteiger partial charge in [-0.25, -0.2) is 4.79 Å². The molecule has 5 heteroatoms. The second-order valence-corrected chi connectivity index (χ2v) is 6.46. The number of amides is 2. The summed E-state index contributed by atoms with van der Waals surface area (Å²) in [6.45, 7) is 14.7. The molecule has 0 aromatic rings. The van der Waals surface area contributed by atoms with Crippen LogP contribution in [0.4, 0.5) is 4.79 Å². The zero-order valence-corrected chi connectivity index (χ0v) is 13.3. The molecule has 0 saturated heterocycles. The Bertz CT molecular complexity index is 359. The molecular weight excluding hydrogens is 256 g/mol. The highest BCUT2D eigenvalue weighted by molar-refractivity contribution is 5.76. The lowest BCUT2D eigenvalue weighted by atomic mass is 9.84. The van der Waals surface area contributed by atoms with Crippen molar-refractivity contribution in [2.75, 3.05) is 19.6 Å². The minimum absolute atomic E-state index is 0.0874. The Kier molecular flexibility index (Phi) is 7.32. The summed E-state index contributed by atoms with van der Waals surface area (Å²) in [5.74, 6) is -1.44. The van der Waals surface area contributed by atoms with Crippen LogP contribution in [0.5, 0.6) is 0 Å². The Morgan fingerprint density at radius 3 is 2.25 bits per heavy atom. The van der Waals surface area contributed by atoms with Gasteiger partial charge in [0.1, 0.15) is 0 Å². The number of nitrogens with zero attached hydrogens (tertiary/aromatic N) is 1. The molecule has 0 aromatic carbocycles. The second-order valence-electron chi connectivity index (χ2n) is 6.46. The molecule has 5 nitrogen and oxygen atoms in total. The van der Waals surface area contributed by atoms with E-state index in [0.29, 0.717) is 19.5 Å². The van der Waals surface area contributed by atoms with Crippen molar-refractivity contribution in [3.05, 3.63) is 12.2 Å². The van der Waals surface area contributed by atoms with Crippen molar-refractivity contribution in [2.45, 2.75) is 41.0 Å². The third kappa shape index (κ3) is 7.81. The Labute approximate surface area is 122 Å². The lowest BCUT2D eigenvalue weighted by Gasteiger charge is -2.25. The van der Waals surface area contributed by atoms with Crippen LogP contribution in [0.15, 0.2) is 12.2 Å². The third-order valence-corrected chi connectivity index (χ3v) is 2.84. The molecule has 2 N–H and O–H groups in total. The number of carboxylic acid groups (broad SMARTS) is 1. The SMILES string of the molecule is C=C(C)CN(CC)C(=O)NCC(CC(C)(C)C)C(=O)O. The van der Waals surface area contributed by atoms with Crippen LogP contribution in [-0.4, -0.2) is 41.6 Å². The average Bonchev–Trinajstić information content (AvgIpc) is 2.28. The highest BCUT2D eigenvalue weighted by Crippen LogP contribution is 2.24. The molecule has 0 aliphatic carbocycles. The maximum absolute atomic E-state index is 12.0. The Morgan fingerprint density at radius 2 is 1.90 bits per heavy atom. The molecule has 0 heterocycles. The number of aliphatic carboxylic acids is 1. The van der Waals surface area contributed by atoms with E-state index in [0.717, 1.165) is 5.57 Å². The highest BCUT2D eigenvalue weighted by atomic mass is 16.4. The summed E-state index contributed by atoms with van der Waals surface area (Å²) in [4.78, 5) is 24.8. The van der Waals surface area contributed by atoms with Crippen LogP contribution in [0.3, 0.4) is 0 Å². The van der Waals surface area contributed by atoms with Crippen molar-refractivity contribution in [3.63, 3.8) is 0 Å². The van der Waals surface area contributed by atoms with E-state index in [4.69, 9.17) is 0 Å². The van der Waals surface area contributed by atoms with Gasteiger partial charge in [-0.3, -0.25) is 4.79 Å². The van der Waals surface area contributed by atoms with Gasteiger partial charge in [-0.05, 0) is 25.7 Å². The van der Waals surface area contributed by atoms with E-state index < -0.39 is 11.9 Å². The molecule has 116 valence electrons. The number of carbonyl (C=O) groups excluding carboxylic acids is 1. The van der Waals surface area contributed by atoms with E-state index in [-0.39, 0.29) is 18.0 Å². The van der Waals surface area contributed by atoms with Gasteiger partial charge in [0.15, 0.2) is 0 Å². The van der Waals surface area contributed by atoms with Crippen molar-refractivity contribution in [2.24, 2.45) is 11.3 Å². The Hall–Kier alpha value is -1.52. The maximum atomic E-state index is 12.0. The smallest absolute Gasteiger partial charge is 0.317 e. The van der Waals surface area contributed by atoms with Crippen LogP contribution >= 0.6 is 0 Å². The fraction of sp³-hybridized carbons (Fsp3) is 0.733. The first-order valence-electron chi connectivity index (χ1n) is 6.96. The fourth-order valence-electron chi connectivity index (χ4n) is 1.96.